The van der Waals surface area contributed by atoms with Gasteiger partial charge in [-0.2, -0.15) is 0 Å². The van der Waals surface area contributed by atoms with E-state index in [1.807, 2.05) is 48.6 Å². The molecule has 102 valence electrons. The summed E-state index contributed by atoms with van der Waals surface area (Å²) in [4.78, 5) is 11.8. The first-order valence-corrected chi connectivity index (χ1v) is 7.69. The molecule has 1 N–H and O–H groups in total. The summed E-state index contributed by atoms with van der Waals surface area (Å²) in [5.74, 6) is -0.0713. The van der Waals surface area contributed by atoms with Crippen LogP contribution in [-0.2, 0) is 0 Å². The van der Waals surface area contributed by atoms with Crippen LogP contribution in [0.3, 0.4) is 0 Å². The van der Waals surface area contributed by atoms with Gasteiger partial charge in [0.1, 0.15) is 0 Å². The number of hydrogen-bond donors (Lipinski definition) is 1. The average molecular weight is 395 g/mol. The van der Waals surface area contributed by atoms with E-state index in [2.05, 4.69) is 37.2 Å². The van der Waals surface area contributed by atoms with Crippen molar-refractivity contribution in [2.75, 3.05) is 6.54 Å². The number of hydrogen-bond acceptors (Lipinski definition) is 1. The number of benzene rings is 2. The molecule has 0 saturated heterocycles. The Morgan fingerprint density at radius 3 is 2.10 bits per heavy atom. The fourth-order valence-corrected chi connectivity index (χ4v) is 2.15. The van der Waals surface area contributed by atoms with E-state index in [0.29, 0.717) is 12.1 Å². The van der Waals surface area contributed by atoms with Crippen molar-refractivity contribution in [1.29, 1.82) is 0 Å². The number of carbonyl (C=O) groups excluding carboxylic acids is 1. The van der Waals surface area contributed by atoms with Crippen molar-refractivity contribution in [1.82, 2.24) is 5.32 Å². The van der Waals surface area contributed by atoms with Gasteiger partial charge in [-0.1, -0.05) is 56.1 Å². The summed E-state index contributed by atoms with van der Waals surface area (Å²) in [6.45, 7) is 0.505. The highest BCUT2D eigenvalue weighted by molar-refractivity contribution is 9.10. The molecule has 4 heteroatoms. The summed E-state index contributed by atoms with van der Waals surface area (Å²) in [6, 6.07) is 15.3. The van der Waals surface area contributed by atoms with E-state index < -0.39 is 0 Å². The van der Waals surface area contributed by atoms with E-state index in [0.717, 1.165) is 14.5 Å². The minimum atomic E-state index is -0.0713. The molecule has 1 amide bonds. The highest BCUT2D eigenvalue weighted by Crippen LogP contribution is 2.12. The van der Waals surface area contributed by atoms with Gasteiger partial charge < -0.3 is 5.32 Å². The lowest BCUT2D eigenvalue weighted by Crippen LogP contribution is -2.23. The van der Waals surface area contributed by atoms with Gasteiger partial charge in [0.05, 0.1) is 0 Å². The lowest BCUT2D eigenvalue weighted by Gasteiger charge is -2.02. The molecule has 0 heterocycles. The van der Waals surface area contributed by atoms with Gasteiger partial charge in [-0.15, -0.1) is 0 Å². The van der Waals surface area contributed by atoms with E-state index in [4.69, 9.17) is 0 Å². The third-order valence-corrected chi connectivity index (χ3v) is 3.72. The molecule has 20 heavy (non-hydrogen) atoms. The first-order chi connectivity index (χ1) is 9.65. The van der Waals surface area contributed by atoms with Crippen LogP contribution in [0.25, 0.3) is 6.08 Å². The Morgan fingerprint density at radius 1 is 0.950 bits per heavy atom. The predicted molar refractivity (Wildman–Crippen MR) is 89.7 cm³/mol. The van der Waals surface area contributed by atoms with Crippen LogP contribution in [-0.4, -0.2) is 12.5 Å². The van der Waals surface area contributed by atoms with Gasteiger partial charge in [0.15, 0.2) is 0 Å². The van der Waals surface area contributed by atoms with Gasteiger partial charge in [0, 0.05) is 21.1 Å². The van der Waals surface area contributed by atoms with Gasteiger partial charge >= 0.3 is 0 Å². The molecular formula is C16H13Br2NO. The molecule has 2 rings (SSSR count). The van der Waals surface area contributed by atoms with Gasteiger partial charge in [-0.25, -0.2) is 0 Å². The predicted octanol–water partition coefficient (Wildman–Crippen LogP) is 4.65. The number of nitrogens with one attached hydrogen (secondary N) is 1. The lowest BCUT2D eigenvalue weighted by atomic mass is 10.2. The molecule has 0 aliphatic rings. The van der Waals surface area contributed by atoms with Crippen molar-refractivity contribution < 1.29 is 4.79 Å². The summed E-state index contributed by atoms with van der Waals surface area (Å²) in [7, 11) is 0. The molecule has 0 spiro atoms. The van der Waals surface area contributed by atoms with E-state index in [9.17, 15) is 4.79 Å². The zero-order valence-electron chi connectivity index (χ0n) is 10.6. The summed E-state index contributed by atoms with van der Waals surface area (Å²) < 4.78 is 2.02. The van der Waals surface area contributed by atoms with Crippen LogP contribution in [0, 0.1) is 0 Å². The fraction of sp³-hybridized carbons (Fsp3) is 0.0625. The van der Waals surface area contributed by atoms with E-state index in [1.165, 1.54) is 0 Å². The Bertz CT molecular complexity index is 603. The van der Waals surface area contributed by atoms with Gasteiger partial charge in [0.25, 0.3) is 5.91 Å². The van der Waals surface area contributed by atoms with Crippen molar-refractivity contribution in [2.45, 2.75) is 0 Å². The Hall–Kier alpha value is -1.39. The third kappa shape index (κ3) is 4.62. The van der Waals surface area contributed by atoms with E-state index >= 15 is 0 Å². The van der Waals surface area contributed by atoms with Crippen LogP contribution in [0.4, 0.5) is 0 Å². The fourth-order valence-electron chi connectivity index (χ4n) is 1.62. The minimum Gasteiger partial charge on any atom is -0.349 e. The first kappa shape index (κ1) is 15.0. The summed E-state index contributed by atoms with van der Waals surface area (Å²) in [5.41, 5.74) is 1.76. The minimum absolute atomic E-state index is 0.0713. The Morgan fingerprint density at radius 2 is 1.50 bits per heavy atom. The molecule has 2 nitrogen and oxygen atoms in total. The number of halogens is 2. The molecular weight excluding hydrogens is 382 g/mol. The third-order valence-electron chi connectivity index (χ3n) is 2.67. The van der Waals surface area contributed by atoms with Crippen molar-refractivity contribution in [3.63, 3.8) is 0 Å². The monoisotopic (exact) mass is 393 g/mol. The van der Waals surface area contributed by atoms with E-state index in [1.54, 1.807) is 12.1 Å². The molecule has 0 radical (unpaired) electrons. The van der Waals surface area contributed by atoms with Crippen LogP contribution >= 0.6 is 31.9 Å². The molecule has 0 aromatic heterocycles. The van der Waals surface area contributed by atoms with Crippen molar-refractivity contribution in [3.05, 3.63) is 74.7 Å². The maximum absolute atomic E-state index is 11.8. The molecule has 2 aromatic carbocycles. The molecule has 0 aliphatic carbocycles. The summed E-state index contributed by atoms with van der Waals surface area (Å²) in [6.07, 6.45) is 3.91. The second-order valence-corrected chi connectivity index (χ2v) is 6.00. The molecule has 0 bridgehead atoms. The van der Waals surface area contributed by atoms with Crippen molar-refractivity contribution >= 4 is 43.8 Å². The highest BCUT2D eigenvalue weighted by Gasteiger charge is 2.02. The van der Waals surface area contributed by atoms with Gasteiger partial charge in [0.2, 0.25) is 0 Å². The number of carbonyl (C=O) groups is 1. The zero-order chi connectivity index (χ0) is 14.4. The van der Waals surface area contributed by atoms with Gasteiger partial charge in [-0.3, -0.25) is 4.79 Å². The normalized spacial score (nSPS) is 10.7. The van der Waals surface area contributed by atoms with Crippen LogP contribution in [0.1, 0.15) is 15.9 Å². The molecule has 0 atom stereocenters. The number of amides is 1. The van der Waals surface area contributed by atoms with Crippen molar-refractivity contribution in [3.8, 4) is 0 Å². The zero-order valence-corrected chi connectivity index (χ0v) is 13.8. The standard InChI is InChI=1S/C16H13Br2NO/c17-14-7-3-12(4-8-14)2-1-11-19-16(20)13-5-9-15(18)10-6-13/h1-10H,11H2,(H,19,20)/b2-1+. The Balaban J connectivity index is 1.85. The SMILES string of the molecule is O=C(NC/C=C/c1ccc(Br)cc1)c1ccc(Br)cc1. The smallest absolute Gasteiger partial charge is 0.251 e. The van der Waals surface area contributed by atoms with Crippen LogP contribution in [0.5, 0.6) is 0 Å². The molecule has 2 aromatic rings. The maximum atomic E-state index is 11.8. The second-order valence-electron chi connectivity index (χ2n) is 4.17. The Labute approximate surface area is 135 Å². The molecule has 0 saturated carbocycles. The topological polar surface area (TPSA) is 29.1 Å². The first-order valence-electron chi connectivity index (χ1n) is 6.11. The Kier molecular flexibility index (Phi) is 5.56. The summed E-state index contributed by atoms with van der Waals surface area (Å²) >= 11 is 6.74. The lowest BCUT2D eigenvalue weighted by molar-refractivity contribution is 0.0958. The van der Waals surface area contributed by atoms with E-state index in [-0.39, 0.29) is 5.91 Å². The van der Waals surface area contributed by atoms with Crippen LogP contribution in [0.2, 0.25) is 0 Å². The van der Waals surface area contributed by atoms with Crippen LogP contribution in [0.15, 0.2) is 63.6 Å². The molecule has 0 unspecified atom stereocenters. The second kappa shape index (κ2) is 7.41. The number of rotatable bonds is 4. The largest absolute Gasteiger partial charge is 0.349 e. The summed E-state index contributed by atoms with van der Waals surface area (Å²) in [5, 5.41) is 2.85. The average Bonchev–Trinajstić information content (AvgIpc) is 2.46. The quantitative estimate of drug-likeness (QED) is 0.802. The molecule has 0 fully saturated rings. The van der Waals surface area contributed by atoms with Crippen LogP contribution < -0.4 is 5.32 Å². The maximum Gasteiger partial charge on any atom is 0.251 e. The molecule has 0 aliphatic heterocycles. The van der Waals surface area contributed by atoms with Crippen molar-refractivity contribution in [2.24, 2.45) is 0 Å². The van der Waals surface area contributed by atoms with Gasteiger partial charge in [-0.05, 0) is 42.0 Å². The highest BCUT2D eigenvalue weighted by atomic mass is 79.9.